The average molecular weight is 566 g/mol. The predicted octanol–water partition coefficient (Wildman–Crippen LogP) is -0.135. The predicted molar refractivity (Wildman–Crippen MR) is 148 cm³/mol. The normalized spacial score (nSPS) is 23.8. The van der Waals surface area contributed by atoms with Crippen molar-refractivity contribution in [2.45, 2.75) is 49.8 Å². The molecule has 15 heteroatoms. The van der Waals surface area contributed by atoms with Crippen LogP contribution < -0.4 is 10.6 Å². The van der Waals surface area contributed by atoms with Gasteiger partial charge in [-0.05, 0) is 43.1 Å². The van der Waals surface area contributed by atoms with Gasteiger partial charge in [-0.1, -0.05) is 30.3 Å². The van der Waals surface area contributed by atoms with Crippen molar-refractivity contribution in [2.24, 2.45) is 7.05 Å². The summed E-state index contributed by atoms with van der Waals surface area (Å²) in [4.78, 5) is 17.6. The van der Waals surface area contributed by atoms with Crippen LogP contribution in [0.2, 0.25) is 0 Å². The fraction of sp³-hybridized carbons (Fsp3) is 0.538. The zero-order valence-corrected chi connectivity index (χ0v) is 22.8. The number of nitrogens with zero attached hydrogens (tertiary/aromatic N) is 9. The summed E-state index contributed by atoms with van der Waals surface area (Å²) >= 11 is 0. The number of aliphatic hydroxyl groups excluding tert-OH is 3. The molecule has 0 spiro atoms. The van der Waals surface area contributed by atoms with E-state index in [1.807, 2.05) is 30.3 Å². The molecule has 2 aliphatic rings. The second-order valence-electron chi connectivity index (χ2n) is 10.5. The molecule has 4 aromatic rings. The van der Waals surface area contributed by atoms with Gasteiger partial charge in [0.05, 0.1) is 26.0 Å². The molecule has 0 amide bonds. The second kappa shape index (κ2) is 12.0. The highest BCUT2D eigenvalue weighted by Crippen LogP contribution is 2.39. The number of anilines is 2. The van der Waals surface area contributed by atoms with Crippen molar-refractivity contribution >= 4 is 22.9 Å². The van der Waals surface area contributed by atoms with Crippen LogP contribution >= 0.6 is 0 Å². The van der Waals surface area contributed by atoms with Crippen LogP contribution in [0.15, 0.2) is 36.7 Å². The van der Waals surface area contributed by atoms with Gasteiger partial charge in [0.25, 0.3) is 0 Å². The number of aliphatic hydroxyl groups is 3. The van der Waals surface area contributed by atoms with E-state index >= 15 is 0 Å². The first-order valence-electron chi connectivity index (χ1n) is 13.9. The number of ether oxygens (including phenoxy) is 1. The molecule has 15 nitrogen and oxygen atoms in total. The van der Waals surface area contributed by atoms with Crippen molar-refractivity contribution in [3.8, 4) is 0 Å². The summed E-state index contributed by atoms with van der Waals surface area (Å²) < 4.78 is 7.62. The molecule has 0 saturated carbocycles. The number of hydrogen-bond acceptors (Lipinski definition) is 13. The third-order valence-corrected chi connectivity index (χ3v) is 7.51. The minimum absolute atomic E-state index is 0.123. The zero-order chi connectivity index (χ0) is 28.3. The lowest BCUT2D eigenvalue weighted by Gasteiger charge is -2.20. The molecule has 6 rings (SSSR count). The third kappa shape index (κ3) is 5.85. The van der Waals surface area contributed by atoms with E-state index < -0.39 is 24.5 Å². The van der Waals surface area contributed by atoms with E-state index in [1.165, 1.54) is 24.0 Å². The first-order chi connectivity index (χ1) is 20.0. The van der Waals surface area contributed by atoms with Crippen molar-refractivity contribution in [3.05, 3.63) is 48.0 Å². The van der Waals surface area contributed by atoms with Gasteiger partial charge in [-0.15, -0.1) is 10.2 Å². The van der Waals surface area contributed by atoms with Gasteiger partial charge in [-0.3, -0.25) is 4.57 Å². The Kier molecular flexibility index (Phi) is 8.02. The molecule has 41 heavy (non-hydrogen) atoms. The fourth-order valence-corrected chi connectivity index (χ4v) is 5.38. The molecule has 1 aromatic carbocycles. The minimum atomic E-state index is -1.30. The summed E-state index contributed by atoms with van der Waals surface area (Å²) in [5.41, 5.74) is 1.90. The number of aryl methyl sites for hydroxylation is 1. The molecule has 0 aliphatic carbocycles. The van der Waals surface area contributed by atoms with Crippen LogP contribution in [0.4, 0.5) is 11.8 Å². The number of rotatable bonds is 11. The van der Waals surface area contributed by atoms with Crippen LogP contribution in [0, 0.1) is 0 Å². The number of imidazole rings is 1. The van der Waals surface area contributed by atoms with Gasteiger partial charge in [0.15, 0.2) is 29.3 Å². The van der Waals surface area contributed by atoms with E-state index in [0.717, 1.165) is 25.2 Å². The first kappa shape index (κ1) is 27.4. The summed E-state index contributed by atoms with van der Waals surface area (Å²) in [5.74, 6) is 0.976. The fourth-order valence-electron chi connectivity index (χ4n) is 5.38. The Morgan fingerprint density at radius 2 is 1.90 bits per heavy atom. The van der Waals surface area contributed by atoms with Gasteiger partial charge in [-0.2, -0.15) is 14.8 Å². The first-order valence-corrected chi connectivity index (χ1v) is 13.9. The van der Waals surface area contributed by atoms with Crippen LogP contribution in [-0.4, -0.2) is 111 Å². The van der Waals surface area contributed by atoms with Crippen LogP contribution in [0.5, 0.6) is 0 Å². The number of tetrazole rings is 1. The van der Waals surface area contributed by atoms with Gasteiger partial charge in [-0.25, -0.2) is 4.98 Å². The van der Waals surface area contributed by atoms with E-state index in [9.17, 15) is 15.3 Å². The van der Waals surface area contributed by atoms with Crippen molar-refractivity contribution < 1.29 is 20.1 Å². The molecule has 5 atom stereocenters. The third-order valence-electron chi connectivity index (χ3n) is 7.51. The summed E-state index contributed by atoms with van der Waals surface area (Å²) in [7, 11) is 1.61. The summed E-state index contributed by atoms with van der Waals surface area (Å²) in [6.07, 6.45) is -0.0984. The van der Waals surface area contributed by atoms with Crippen molar-refractivity contribution in [2.75, 3.05) is 43.4 Å². The quantitative estimate of drug-likeness (QED) is 0.162. The van der Waals surface area contributed by atoms with Gasteiger partial charge in [0.1, 0.15) is 12.2 Å². The molecular weight excluding hydrogens is 530 g/mol. The lowest BCUT2D eigenvalue weighted by Crippen LogP contribution is -2.29. The van der Waals surface area contributed by atoms with Crippen molar-refractivity contribution in [3.63, 3.8) is 0 Å². The Labute approximate surface area is 236 Å². The zero-order valence-electron chi connectivity index (χ0n) is 22.8. The standard InChI is InChI=1S/C26H35N11O4/c1-35-33-23(32-34-35)21-19(39)20(40)25(41-21)37-15-28-18-22(29-17(14-38)13-16-7-3-2-4-8-16)30-26(31-24(18)37)27-9-12-36-10-5-6-11-36/h2-4,7-8,15,17,19-21,25,38-40H,5-6,9-14H2,1H3,(H2,27,29,30,31)/t17-,19-,20+,21-,25+/m0/s1. The Morgan fingerprint density at radius 3 is 2.63 bits per heavy atom. The van der Waals surface area contributed by atoms with Crippen molar-refractivity contribution in [1.29, 1.82) is 0 Å². The molecular formula is C26H35N11O4. The van der Waals surface area contributed by atoms with E-state index in [2.05, 4.69) is 35.9 Å². The SMILES string of the molecule is Cn1nnc([C@H]2O[C@@H](n3cnc4c(N[C@H](CO)Cc5ccccc5)nc(NCCN5CCCC5)nc43)[C@H](O)[C@@H]2O)n1. The molecule has 2 saturated heterocycles. The molecule has 5 heterocycles. The highest BCUT2D eigenvalue weighted by Gasteiger charge is 2.47. The van der Waals surface area contributed by atoms with Crippen LogP contribution in [0.3, 0.4) is 0 Å². The van der Waals surface area contributed by atoms with Gasteiger partial charge in [0.2, 0.25) is 11.8 Å². The molecule has 0 unspecified atom stereocenters. The van der Waals surface area contributed by atoms with Gasteiger partial charge in [0, 0.05) is 13.1 Å². The number of hydrogen-bond donors (Lipinski definition) is 5. The lowest BCUT2D eigenvalue weighted by atomic mass is 10.1. The molecule has 2 fully saturated rings. The topological polar surface area (TPSA) is 184 Å². The number of likely N-dealkylation sites (tertiary alicyclic amines) is 1. The molecule has 2 aliphatic heterocycles. The van der Waals surface area contributed by atoms with Crippen molar-refractivity contribution in [1.82, 2.24) is 44.6 Å². The Morgan fingerprint density at radius 1 is 1.10 bits per heavy atom. The summed E-state index contributed by atoms with van der Waals surface area (Å²) in [6.45, 7) is 3.55. The van der Waals surface area contributed by atoms with E-state index in [4.69, 9.17) is 14.7 Å². The molecule has 3 aromatic heterocycles. The molecule has 5 N–H and O–H groups in total. The van der Waals surface area contributed by atoms with Gasteiger partial charge < -0.3 is 35.6 Å². The largest absolute Gasteiger partial charge is 0.394 e. The highest BCUT2D eigenvalue weighted by molar-refractivity contribution is 5.84. The Balaban J connectivity index is 1.30. The second-order valence-corrected chi connectivity index (χ2v) is 10.5. The van der Waals surface area contributed by atoms with E-state index in [1.54, 1.807) is 11.6 Å². The summed E-state index contributed by atoms with van der Waals surface area (Å²) in [5, 5.41) is 50.4. The van der Waals surface area contributed by atoms with E-state index in [0.29, 0.717) is 35.9 Å². The molecule has 0 bridgehead atoms. The average Bonchev–Trinajstić information content (AvgIpc) is 3.78. The lowest BCUT2D eigenvalue weighted by molar-refractivity contribution is -0.0384. The maximum atomic E-state index is 11.0. The summed E-state index contributed by atoms with van der Waals surface area (Å²) in [6, 6.07) is 9.55. The maximum Gasteiger partial charge on any atom is 0.226 e. The van der Waals surface area contributed by atoms with Crippen LogP contribution in [-0.2, 0) is 18.2 Å². The Bertz CT molecular complexity index is 1440. The van der Waals surface area contributed by atoms with E-state index in [-0.39, 0.29) is 18.5 Å². The highest BCUT2D eigenvalue weighted by atomic mass is 16.6. The number of fused-ring (bicyclic) bond motifs is 1. The number of nitrogens with one attached hydrogen (secondary N) is 2. The minimum Gasteiger partial charge on any atom is -0.394 e. The van der Waals surface area contributed by atoms with Crippen LogP contribution in [0.25, 0.3) is 11.2 Å². The van der Waals surface area contributed by atoms with Gasteiger partial charge >= 0.3 is 0 Å². The molecule has 0 radical (unpaired) electrons. The number of benzene rings is 1. The smallest absolute Gasteiger partial charge is 0.226 e. The molecule has 218 valence electrons. The number of aromatic nitrogens is 8. The Hall–Kier alpha value is -3.76. The van der Waals surface area contributed by atoms with Crippen LogP contribution in [0.1, 0.15) is 36.6 Å². The maximum absolute atomic E-state index is 11.0. The monoisotopic (exact) mass is 565 g/mol.